The molecule has 1 aliphatic rings. The Morgan fingerprint density at radius 3 is 2.48 bits per heavy atom. The van der Waals surface area contributed by atoms with Crippen molar-refractivity contribution in [3.05, 3.63) is 124 Å². The third kappa shape index (κ3) is 6.99. The molecule has 1 aromatic heterocycles. The molecule has 1 aliphatic carbocycles. The van der Waals surface area contributed by atoms with Crippen LogP contribution in [0.15, 0.2) is 91.2 Å². The Bertz CT molecular complexity index is 1720. The van der Waals surface area contributed by atoms with Crippen molar-refractivity contribution >= 4 is 57.9 Å². The lowest BCUT2D eigenvalue weighted by atomic mass is 9.96. The van der Waals surface area contributed by atoms with Crippen molar-refractivity contribution in [3.63, 3.8) is 0 Å². The Morgan fingerprint density at radius 1 is 1.07 bits per heavy atom. The molecule has 0 spiro atoms. The van der Waals surface area contributed by atoms with Crippen LogP contribution in [0.5, 0.6) is 0 Å². The van der Waals surface area contributed by atoms with Crippen molar-refractivity contribution in [2.45, 2.75) is 31.6 Å². The van der Waals surface area contributed by atoms with E-state index in [9.17, 15) is 14.1 Å². The summed E-state index contributed by atoms with van der Waals surface area (Å²) < 4.78 is 17.3. The summed E-state index contributed by atoms with van der Waals surface area (Å²) >= 11 is 12.6. The highest BCUT2D eigenvalue weighted by molar-refractivity contribution is 7.83. The molecule has 0 fully saturated rings. The van der Waals surface area contributed by atoms with Gasteiger partial charge in [-0.1, -0.05) is 71.8 Å². The number of nitrogens with zero attached hydrogens (tertiary/aromatic N) is 2. The number of carbonyl (C=O) groups is 1. The van der Waals surface area contributed by atoms with Gasteiger partial charge in [0.2, 0.25) is 0 Å². The van der Waals surface area contributed by atoms with Crippen molar-refractivity contribution in [2.24, 2.45) is 0 Å². The molecule has 0 amide bonds. The summed E-state index contributed by atoms with van der Waals surface area (Å²) in [5.74, 6) is -0.339. The molecule has 0 radical (unpaired) electrons. The number of allylic oxidation sites excluding steroid dienone is 2. The zero-order chi connectivity index (χ0) is 29.8. The number of hydrogen-bond donors (Lipinski definition) is 2. The summed E-state index contributed by atoms with van der Waals surface area (Å²) in [7, 11) is -1.08. The highest BCUT2D eigenvalue weighted by atomic mass is 35.5. The minimum Gasteiger partial charge on any atom is -0.478 e. The van der Waals surface area contributed by atoms with E-state index in [1.54, 1.807) is 36.4 Å². The van der Waals surface area contributed by atoms with E-state index in [0.717, 1.165) is 34.4 Å². The lowest BCUT2D eigenvalue weighted by molar-refractivity contribution is 0.0697. The minimum absolute atomic E-state index is 0.0274. The first-order chi connectivity index (χ1) is 20.2. The van der Waals surface area contributed by atoms with Gasteiger partial charge in [0.05, 0.1) is 27.3 Å². The van der Waals surface area contributed by atoms with E-state index in [1.165, 1.54) is 0 Å². The Morgan fingerprint density at radius 2 is 1.81 bits per heavy atom. The number of carboxylic acid groups (broad SMARTS) is 1. The summed E-state index contributed by atoms with van der Waals surface area (Å²) in [6.07, 6.45) is 12.9. The van der Waals surface area contributed by atoms with E-state index in [1.807, 2.05) is 55.0 Å². The molecule has 0 saturated carbocycles. The number of nitrogens with one attached hydrogen (secondary N) is 1. The van der Waals surface area contributed by atoms with Crippen molar-refractivity contribution < 1.29 is 14.1 Å². The number of carboxylic acids is 1. The Hall–Kier alpha value is -3.75. The summed E-state index contributed by atoms with van der Waals surface area (Å²) in [4.78, 5) is 16.2. The van der Waals surface area contributed by atoms with Gasteiger partial charge in [0.25, 0.3) is 0 Å². The second-order valence-corrected chi connectivity index (χ2v) is 12.7. The van der Waals surface area contributed by atoms with Gasteiger partial charge in [0.15, 0.2) is 0 Å². The van der Waals surface area contributed by atoms with Crippen molar-refractivity contribution in [3.8, 4) is 16.9 Å². The Labute approximate surface area is 257 Å². The molecule has 3 aromatic carbocycles. The monoisotopic (exact) mass is 617 g/mol. The molecule has 9 heteroatoms. The van der Waals surface area contributed by atoms with Crippen LogP contribution in [-0.4, -0.2) is 36.1 Å². The number of aromatic nitrogens is 2. The standard InChI is InChI=1S/C33H29Cl2N3O3S/c1-21(2)42(41)37-27-5-3-4-25(18-27)23-9-6-22(7-10-23)8-17-32-36-31(29-16-13-26(34)19-30(29)35)20-38(32)28-14-11-24(12-15-28)33(39)40/h3-4,6-21,27,37H,5H2,1-2H3,(H,39,40)/b17-8+. The average Bonchev–Trinajstić information content (AvgIpc) is 3.40. The van der Waals surface area contributed by atoms with Crippen molar-refractivity contribution in [1.29, 1.82) is 0 Å². The molecule has 5 rings (SSSR count). The fourth-order valence-electron chi connectivity index (χ4n) is 4.51. The van der Waals surface area contributed by atoms with Gasteiger partial charge in [0.1, 0.15) is 5.82 Å². The molecule has 2 atom stereocenters. The normalized spacial score (nSPS) is 15.7. The number of hydrogen-bond acceptors (Lipinski definition) is 3. The molecule has 4 aromatic rings. The number of halogens is 2. The zero-order valence-corrected chi connectivity index (χ0v) is 25.3. The molecule has 0 saturated heterocycles. The Kier molecular flexibility index (Phi) is 9.24. The largest absolute Gasteiger partial charge is 0.478 e. The van der Waals surface area contributed by atoms with Gasteiger partial charge in [-0.25, -0.2) is 18.7 Å². The highest BCUT2D eigenvalue weighted by Crippen LogP contribution is 2.31. The molecule has 1 heterocycles. The third-order valence-electron chi connectivity index (χ3n) is 6.77. The van der Waals surface area contributed by atoms with Crippen LogP contribution in [0.4, 0.5) is 0 Å². The van der Waals surface area contributed by atoms with Crippen molar-refractivity contribution in [1.82, 2.24) is 14.3 Å². The minimum atomic E-state index is -1.08. The molecule has 2 N–H and O–H groups in total. The first-order valence-corrected chi connectivity index (χ1v) is 15.4. The summed E-state index contributed by atoms with van der Waals surface area (Å²) in [5.41, 5.74) is 5.50. The van der Waals surface area contributed by atoms with E-state index in [0.29, 0.717) is 21.6 Å². The molecule has 2 unspecified atom stereocenters. The molecule has 0 aliphatic heterocycles. The number of benzene rings is 3. The summed E-state index contributed by atoms with van der Waals surface area (Å²) in [5, 5.41) is 10.4. The fourth-order valence-corrected chi connectivity index (χ4v) is 5.75. The molecule has 42 heavy (non-hydrogen) atoms. The second kappa shape index (κ2) is 13.0. The van der Waals surface area contributed by atoms with Crippen LogP contribution in [-0.2, 0) is 11.0 Å². The fraction of sp³-hybridized carbons (Fsp3) is 0.152. The average molecular weight is 619 g/mol. The number of imidazole rings is 1. The van der Waals surface area contributed by atoms with Gasteiger partial charge >= 0.3 is 5.97 Å². The van der Waals surface area contributed by atoms with E-state index in [4.69, 9.17) is 28.2 Å². The van der Waals surface area contributed by atoms with Gasteiger partial charge in [-0.05, 0) is 85.5 Å². The molecule has 0 bridgehead atoms. The highest BCUT2D eigenvalue weighted by Gasteiger charge is 2.16. The van der Waals surface area contributed by atoms with Gasteiger partial charge in [-0.2, -0.15) is 0 Å². The zero-order valence-electron chi connectivity index (χ0n) is 23.0. The molecule has 6 nitrogen and oxygen atoms in total. The first-order valence-electron chi connectivity index (χ1n) is 13.4. The van der Waals surface area contributed by atoms with Crippen molar-refractivity contribution in [2.75, 3.05) is 0 Å². The number of rotatable bonds is 9. The van der Waals surface area contributed by atoms with Crippen LogP contribution >= 0.6 is 23.2 Å². The second-order valence-electron chi connectivity index (χ2n) is 10.1. The quantitative estimate of drug-likeness (QED) is 0.199. The molecule has 214 valence electrons. The number of aromatic carboxylic acids is 1. The Balaban J connectivity index is 1.42. The SMILES string of the molecule is CC(C)S(=O)NC1C=C(c2ccc(/C=C/c3nc(-c4ccc(Cl)cc4Cl)cn3-c3ccc(C(=O)O)cc3)cc2)C=CC1. The van der Waals surface area contributed by atoms with Gasteiger partial charge in [0, 0.05) is 33.8 Å². The van der Waals surface area contributed by atoms with E-state index in [2.05, 4.69) is 35.1 Å². The maximum atomic E-state index is 12.3. The maximum Gasteiger partial charge on any atom is 0.335 e. The predicted molar refractivity (Wildman–Crippen MR) is 173 cm³/mol. The van der Waals surface area contributed by atoms with Gasteiger partial charge in [-0.3, -0.25) is 4.57 Å². The van der Waals surface area contributed by atoms with Crippen LogP contribution in [0.25, 0.3) is 34.7 Å². The predicted octanol–water partition coefficient (Wildman–Crippen LogP) is 8.09. The topological polar surface area (TPSA) is 84.2 Å². The lowest BCUT2D eigenvalue weighted by Crippen LogP contribution is -2.33. The van der Waals surface area contributed by atoms with Crippen LogP contribution in [0.2, 0.25) is 10.0 Å². The first kappa shape index (κ1) is 29.7. The lowest BCUT2D eigenvalue weighted by Gasteiger charge is -2.19. The van der Waals surface area contributed by atoms with E-state index in [-0.39, 0.29) is 16.9 Å². The van der Waals surface area contributed by atoms with Crippen LogP contribution in [0, 0.1) is 0 Å². The van der Waals surface area contributed by atoms with Crippen LogP contribution < -0.4 is 4.72 Å². The van der Waals surface area contributed by atoms with Crippen LogP contribution in [0.3, 0.4) is 0 Å². The van der Waals surface area contributed by atoms with E-state index >= 15 is 0 Å². The van der Waals surface area contributed by atoms with E-state index < -0.39 is 17.0 Å². The maximum absolute atomic E-state index is 12.3. The van der Waals surface area contributed by atoms with Crippen LogP contribution in [0.1, 0.15) is 47.6 Å². The molecular weight excluding hydrogens is 589 g/mol. The summed E-state index contributed by atoms with van der Waals surface area (Å²) in [6.45, 7) is 3.88. The van der Waals surface area contributed by atoms with Gasteiger partial charge < -0.3 is 5.11 Å². The smallest absolute Gasteiger partial charge is 0.335 e. The van der Waals surface area contributed by atoms with Gasteiger partial charge in [-0.15, -0.1) is 0 Å². The molecular formula is C33H29Cl2N3O3S. The summed E-state index contributed by atoms with van der Waals surface area (Å²) in [6, 6.07) is 20.1. The third-order valence-corrected chi connectivity index (χ3v) is 8.70.